The molecule has 0 radical (unpaired) electrons. The molecule has 0 bridgehead atoms. The van der Waals surface area contributed by atoms with E-state index >= 15 is 0 Å². The van der Waals surface area contributed by atoms with E-state index in [0.717, 1.165) is 4.47 Å². The molecule has 0 amide bonds. The standard InChI is InChI=1S/C17H13BrN2/c1-19-15-4-2-3-5-16(15)20-11-13(10-17(19)20)12-6-8-14(18)9-7-12/h2-11H,1H3. The Bertz CT molecular complexity index is 913. The summed E-state index contributed by atoms with van der Waals surface area (Å²) < 4.78 is 5.60. The third-order valence-corrected chi connectivity index (χ3v) is 4.35. The van der Waals surface area contributed by atoms with Gasteiger partial charge in [0.05, 0.1) is 11.0 Å². The van der Waals surface area contributed by atoms with Crippen LogP contribution in [0.5, 0.6) is 0 Å². The number of fused-ring (bicyclic) bond motifs is 3. The number of rotatable bonds is 1. The van der Waals surface area contributed by atoms with E-state index in [1.807, 2.05) is 0 Å². The van der Waals surface area contributed by atoms with Gasteiger partial charge < -0.3 is 8.97 Å². The Morgan fingerprint density at radius 3 is 2.30 bits per heavy atom. The molecule has 0 atom stereocenters. The fourth-order valence-electron chi connectivity index (χ4n) is 2.78. The average Bonchev–Trinajstić information content (AvgIpc) is 3.01. The maximum Gasteiger partial charge on any atom is 0.118 e. The smallest absolute Gasteiger partial charge is 0.118 e. The molecule has 0 aliphatic rings. The molecule has 2 nitrogen and oxygen atoms in total. The van der Waals surface area contributed by atoms with Crippen molar-refractivity contribution in [2.75, 3.05) is 0 Å². The zero-order valence-corrected chi connectivity index (χ0v) is 12.6. The number of hydrogen-bond donors (Lipinski definition) is 0. The molecule has 0 N–H and O–H groups in total. The predicted molar refractivity (Wildman–Crippen MR) is 87.0 cm³/mol. The SMILES string of the molecule is Cn1c2ccccc2n2cc(-c3ccc(Br)cc3)cc12. The maximum atomic E-state index is 3.48. The lowest BCUT2D eigenvalue weighted by molar-refractivity contribution is 0.994. The van der Waals surface area contributed by atoms with Crippen LogP contribution in [0, 0.1) is 0 Å². The molecule has 0 fully saturated rings. The number of nitrogens with zero attached hydrogens (tertiary/aromatic N) is 2. The van der Waals surface area contributed by atoms with E-state index in [9.17, 15) is 0 Å². The van der Waals surface area contributed by atoms with Crippen molar-refractivity contribution in [2.45, 2.75) is 0 Å². The molecular weight excluding hydrogens is 312 g/mol. The van der Waals surface area contributed by atoms with Crippen molar-refractivity contribution in [3.8, 4) is 11.1 Å². The molecule has 0 spiro atoms. The van der Waals surface area contributed by atoms with Crippen LogP contribution < -0.4 is 0 Å². The van der Waals surface area contributed by atoms with Gasteiger partial charge in [0.15, 0.2) is 0 Å². The van der Waals surface area contributed by atoms with Gasteiger partial charge >= 0.3 is 0 Å². The van der Waals surface area contributed by atoms with E-state index in [0.29, 0.717) is 0 Å². The largest absolute Gasteiger partial charge is 0.329 e. The van der Waals surface area contributed by atoms with Gasteiger partial charge in [-0.25, -0.2) is 0 Å². The summed E-state index contributed by atoms with van der Waals surface area (Å²) in [5, 5.41) is 0. The molecule has 2 aromatic heterocycles. The second-order valence-corrected chi connectivity index (χ2v) is 5.93. The number of benzene rings is 2. The zero-order valence-electron chi connectivity index (χ0n) is 11.0. The molecule has 2 heterocycles. The summed E-state index contributed by atoms with van der Waals surface area (Å²) in [6, 6.07) is 19.2. The van der Waals surface area contributed by atoms with E-state index < -0.39 is 0 Å². The molecular formula is C17H13BrN2. The second-order valence-electron chi connectivity index (χ2n) is 5.01. The van der Waals surface area contributed by atoms with Gasteiger partial charge in [-0.05, 0) is 35.9 Å². The van der Waals surface area contributed by atoms with Gasteiger partial charge in [-0.1, -0.05) is 40.2 Å². The highest BCUT2D eigenvalue weighted by molar-refractivity contribution is 9.10. The Balaban J connectivity index is 1.99. The van der Waals surface area contributed by atoms with E-state index in [4.69, 9.17) is 0 Å². The Morgan fingerprint density at radius 1 is 0.850 bits per heavy atom. The second kappa shape index (κ2) is 4.25. The lowest BCUT2D eigenvalue weighted by Gasteiger charge is -1.98. The van der Waals surface area contributed by atoms with Crippen LogP contribution in [0.4, 0.5) is 0 Å². The number of imidazole rings is 1. The van der Waals surface area contributed by atoms with Crippen LogP contribution in [0.2, 0.25) is 0 Å². The number of hydrogen-bond acceptors (Lipinski definition) is 0. The van der Waals surface area contributed by atoms with E-state index in [1.165, 1.54) is 27.8 Å². The monoisotopic (exact) mass is 324 g/mol. The van der Waals surface area contributed by atoms with Crippen LogP contribution in [0.15, 0.2) is 65.3 Å². The van der Waals surface area contributed by atoms with Crippen molar-refractivity contribution in [1.82, 2.24) is 8.97 Å². The summed E-state index contributed by atoms with van der Waals surface area (Å²) in [5.41, 5.74) is 6.19. The van der Waals surface area contributed by atoms with Crippen molar-refractivity contribution < 1.29 is 0 Å². The van der Waals surface area contributed by atoms with Crippen LogP contribution in [0.3, 0.4) is 0 Å². The summed E-state index contributed by atoms with van der Waals surface area (Å²) in [6.45, 7) is 0. The highest BCUT2D eigenvalue weighted by Gasteiger charge is 2.10. The zero-order chi connectivity index (χ0) is 13.7. The molecule has 0 saturated carbocycles. The summed E-state index contributed by atoms with van der Waals surface area (Å²) in [4.78, 5) is 0. The average molecular weight is 325 g/mol. The Labute approximate surface area is 125 Å². The minimum absolute atomic E-state index is 1.11. The van der Waals surface area contributed by atoms with E-state index in [2.05, 4.69) is 92.7 Å². The summed E-state index contributed by atoms with van der Waals surface area (Å²) in [5.74, 6) is 0. The Kier molecular flexibility index (Phi) is 2.51. The number of aromatic nitrogens is 2. The molecule has 4 aromatic rings. The lowest BCUT2D eigenvalue weighted by Crippen LogP contribution is -1.85. The molecule has 98 valence electrons. The minimum Gasteiger partial charge on any atom is -0.329 e. The summed E-state index contributed by atoms with van der Waals surface area (Å²) >= 11 is 3.48. The topological polar surface area (TPSA) is 9.34 Å². The number of para-hydroxylation sites is 2. The van der Waals surface area contributed by atoms with Gasteiger partial charge in [0.2, 0.25) is 0 Å². The quantitative estimate of drug-likeness (QED) is 0.473. The van der Waals surface area contributed by atoms with Gasteiger partial charge in [0.1, 0.15) is 5.65 Å². The van der Waals surface area contributed by atoms with Crippen LogP contribution in [0.1, 0.15) is 0 Å². The lowest BCUT2D eigenvalue weighted by atomic mass is 10.1. The van der Waals surface area contributed by atoms with Gasteiger partial charge in [-0.3, -0.25) is 0 Å². The normalized spacial score (nSPS) is 11.5. The van der Waals surface area contributed by atoms with Gasteiger partial charge in [-0.2, -0.15) is 0 Å². The van der Waals surface area contributed by atoms with Gasteiger partial charge in [-0.15, -0.1) is 0 Å². The van der Waals surface area contributed by atoms with Crippen molar-refractivity contribution in [2.24, 2.45) is 7.05 Å². The highest BCUT2D eigenvalue weighted by Crippen LogP contribution is 2.28. The van der Waals surface area contributed by atoms with Crippen LogP contribution >= 0.6 is 15.9 Å². The van der Waals surface area contributed by atoms with E-state index in [-0.39, 0.29) is 0 Å². The summed E-state index contributed by atoms with van der Waals surface area (Å²) in [6.07, 6.45) is 2.21. The molecule has 0 aliphatic carbocycles. The number of halogens is 1. The molecule has 0 aliphatic heterocycles. The van der Waals surface area contributed by atoms with E-state index in [1.54, 1.807) is 0 Å². The number of aryl methyl sites for hydroxylation is 1. The molecule has 20 heavy (non-hydrogen) atoms. The maximum absolute atomic E-state index is 3.48. The first-order valence-electron chi connectivity index (χ1n) is 6.55. The first kappa shape index (κ1) is 11.8. The Morgan fingerprint density at radius 2 is 1.55 bits per heavy atom. The van der Waals surface area contributed by atoms with Crippen LogP contribution in [0.25, 0.3) is 27.8 Å². The fourth-order valence-corrected chi connectivity index (χ4v) is 3.04. The summed E-state index contributed by atoms with van der Waals surface area (Å²) in [7, 11) is 2.11. The molecule has 0 saturated heterocycles. The van der Waals surface area contributed by atoms with Crippen LogP contribution in [-0.2, 0) is 7.05 Å². The van der Waals surface area contributed by atoms with Crippen molar-refractivity contribution in [3.63, 3.8) is 0 Å². The van der Waals surface area contributed by atoms with Gasteiger partial charge in [0, 0.05) is 23.3 Å². The van der Waals surface area contributed by atoms with Crippen molar-refractivity contribution in [3.05, 3.63) is 65.3 Å². The molecule has 2 aromatic carbocycles. The highest BCUT2D eigenvalue weighted by atomic mass is 79.9. The molecule has 0 unspecified atom stereocenters. The predicted octanol–water partition coefficient (Wildman–Crippen LogP) is 4.86. The Hall–Kier alpha value is -2.00. The fraction of sp³-hybridized carbons (Fsp3) is 0.0588. The minimum atomic E-state index is 1.11. The van der Waals surface area contributed by atoms with Gasteiger partial charge in [0.25, 0.3) is 0 Å². The molecule has 3 heteroatoms. The van der Waals surface area contributed by atoms with Crippen molar-refractivity contribution >= 4 is 32.6 Å². The van der Waals surface area contributed by atoms with Crippen LogP contribution in [-0.4, -0.2) is 8.97 Å². The first-order valence-corrected chi connectivity index (χ1v) is 7.35. The molecule has 4 rings (SSSR count). The van der Waals surface area contributed by atoms with Crippen molar-refractivity contribution in [1.29, 1.82) is 0 Å². The third-order valence-electron chi connectivity index (χ3n) is 3.82. The first-order chi connectivity index (χ1) is 9.74. The third kappa shape index (κ3) is 1.63.